The van der Waals surface area contributed by atoms with E-state index in [4.69, 9.17) is 0 Å². The van der Waals surface area contributed by atoms with Gasteiger partial charge in [0, 0.05) is 6.54 Å². The summed E-state index contributed by atoms with van der Waals surface area (Å²) in [5.74, 6) is 0. The molecule has 0 aliphatic heterocycles. The van der Waals surface area contributed by atoms with Crippen molar-refractivity contribution < 1.29 is 0 Å². The highest BCUT2D eigenvalue weighted by Gasteiger charge is 2.02. The van der Waals surface area contributed by atoms with E-state index in [1.54, 1.807) is 5.57 Å². The van der Waals surface area contributed by atoms with E-state index < -0.39 is 0 Å². The van der Waals surface area contributed by atoms with Crippen molar-refractivity contribution in [1.29, 1.82) is 0 Å². The second-order valence-electron chi connectivity index (χ2n) is 4.14. The highest BCUT2D eigenvalue weighted by Crippen LogP contribution is 2.19. The smallest absolute Gasteiger partial charge is 0.0161 e. The maximum atomic E-state index is 3.98. The molecule has 0 saturated heterocycles. The molecule has 0 radical (unpaired) electrons. The molecule has 0 atom stereocenters. The summed E-state index contributed by atoms with van der Waals surface area (Å²) in [5.41, 5.74) is 2.97. The molecule has 0 heterocycles. The van der Waals surface area contributed by atoms with Gasteiger partial charge in [-0.3, -0.25) is 0 Å². The molecule has 1 heteroatoms. The molecule has 80 valence electrons. The minimum Gasteiger partial charge on any atom is -0.313 e. The summed E-state index contributed by atoms with van der Waals surface area (Å²) < 4.78 is 0. The highest BCUT2D eigenvalue weighted by molar-refractivity contribution is 5.05. The summed E-state index contributed by atoms with van der Waals surface area (Å²) in [4.78, 5) is 0. The Morgan fingerprint density at radius 1 is 1.50 bits per heavy atom. The van der Waals surface area contributed by atoms with Gasteiger partial charge >= 0.3 is 0 Å². The van der Waals surface area contributed by atoms with Crippen molar-refractivity contribution in [3.8, 4) is 0 Å². The Morgan fingerprint density at radius 3 is 3.00 bits per heavy atom. The van der Waals surface area contributed by atoms with E-state index in [1.165, 1.54) is 37.7 Å². The second-order valence-corrected chi connectivity index (χ2v) is 4.14. The minimum absolute atomic E-state index is 0.990. The van der Waals surface area contributed by atoms with Gasteiger partial charge in [0.25, 0.3) is 0 Å². The van der Waals surface area contributed by atoms with E-state index in [2.05, 4.69) is 24.9 Å². The van der Waals surface area contributed by atoms with Crippen LogP contribution in [-0.4, -0.2) is 13.1 Å². The first-order chi connectivity index (χ1) is 6.83. The van der Waals surface area contributed by atoms with Crippen LogP contribution in [0.1, 0.15) is 45.4 Å². The van der Waals surface area contributed by atoms with Gasteiger partial charge < -0.3 is 5.32 Å². The van der Waals surface area contributed by atoms with Crippen LogP contribution in [0.3, 0.4) is 0 Å². The van der Waals surface area contributed by atoms with Crippen LogP contribution in [0.2, 0.25) is 0 Å². The molecule has 1 aliphatic carbocycles. The third-order valence-electron chi connectivity index (χ3n) is 2.88. The van der Waals surface area contributed by atoms with Crippen LogP contribution in [-0.2, 0) is 0 Å². The summed E-state index contributed by atoms with van der Waals surface area (Å²) in [7, 11) is 0. The highest BCUT2D eigenvalue weighted by atomic mass is 14.8. The van der Waals surface area contributed by atoms with Crippen molar-refractivity contribution in [2.24, 2.45) is 0 Å². The average molecular weight is 193 g/mol. The van der Waals surface area contributed by atoms with Gasteiger partial charge in [0.2, 0.25) is 0 Å². The van der Waals surface area contributed by atoms with Crippen LogP contribution in [0.15, 0.2) is 23.8 Å². The number of hydrogen-bond acceptors (Lipinski definition) is 1. The SMILES string of the molecule is C=C(CC)CNCCC1=CCCCC1. The standard InChI is InChI=1S/C13H23N/c1-3-12(2)11-14-10-9-13-7-5-4-6-8-13/h7,14H,2-6,8-11H2,1H3. The zero-order valence-corrected chi connectivity index (χ0v) is 9.44. The van der Waals surface area contributed by atoms with E-state index in [-0.39, 0.29) is 0 Å². The van der Waals surface area contributed by atoms with Gasteiger partial charge in [-0.25, -0.2) is 0 Å². The molecule has 0 aromatic heterocycles. The Balaban J connectivity index is 2.03. The zero-order chi connectivity index (χ0) is 10.2. The van der Waals surface area contributed by atoms with E-state index in [9.17, 15) is 0 Å². The predicted molar refractivity (Wildman–Crippen MR) is 63.5 cm³/mol. The van der Waals surface area contributed by atoms with Gasteiger partial charge in [-0.15, -0.1) is 0 Å². The van der Waals surface area contributed by atoms with Crippen LogP contribution in [0.4, 0.5) is 0 Å². The lowest BCUT2D eigenvalue weighted by atomic mass is 9.97. The summed E-state index contributed by atoms with van der Waals surface area (Å²) in [5, 5.41) is 3.44. The van der Waals surface area contributed by atoms with Gasteiger partial charge in [0.15, 0.2) is 0 Å². The molecule has 0 spiro atoms. The van der Waals surface area contributed by atoms with E-state index in [0.29, 0.717) is 0 Å². The van der Waals surface area contributed by atoms with E-state index >= 15 is 0 Å². The molecule has 0 saturated carbocycles. The van der Waals surface area contributed by atoms with Crippen molar-refractivity contribution in [2.45, 2.75) is 45.4 Å². The third kappa shape index (κ3) is 4.61. The second kappa shape index (κ2) is 6.83. The van der Waals surface area contributed by atoms with Crippen molar-refractivity contribution in [3.05, 3.63) is 23.8 Å². The number of allylic oxidation sites excluding steroid dienone is 1. The summed E-state index contributed by atoms with van der Waals surface area (Å²) in [6.45, 7) is 8.25. The molecule has 0 aromatic carbocycles. The largest absolute Gasteiger partial charge is 0.313 e. The Labute approximate surface area is 88.3 Å². The van der Waals surface area contributed by atoms with E-state index in [1.807, 2.05) is 0 Å². The third-order valence-corrected chi connectivity index (χ3v) is 2.88. The quantitative estimate of drug-likeness (QED) is 0.503. The molecule has 0 fully saturated rings. The lowest BCUT2D eigenvalue weighted by Crippen LogP contribution is -2.18. The molecule has 1 nitrogen and oxygen atoms in total. The average Bonchev–Trinajstić information content (AvgIpc) is 2.25. The molecule has 0 aromatic rings. The topological polar surface area (TPSA) is 12.0 Å². The molecule has 1 aliphatic rings. The van der Waals surface area contributed by atoms with Gasteiger partial charge in [0.1, 0.15) is 0 Å². The molecule has 0 amide bonds. The van der Waals surface area contributed by atoms with Gasteiger partial charge in [-0.05, 0) is 45.1 Å². The lowest BCUT2D eigenvalue weighted by Gasteiger charge is -2.13. The Morgan fingerprint density at radius 2 is 2.36 bits per heavy atom. The fraction of sp³-hybridized carbons (Fsp3) is 0.692. The molecule has 0 bridgehead atoms. The monoisotopic (exact) mass is 193 g/mol. The normalized spacial score (nSPS) is 16.5. The first-order valence-electron chi connectivity index (χ1n) is 5.88. The zero-order valence-electron chi connectivity index (χ0n) is 9.44. The maximum absolute atomic E-state index is 3.98. The van der Waals surface area contributed by atoms with Crippen LogP contribution in [0.25, 0.3) is 0 Å². The van der Waals surface area contributed by atoms with Crippen LogP contribution >= 0.6 is 0 Å². The van der Waals surface area contributed by atoms with Crippen LogP contribution in [0, 0.1) is 0 Å². The molecular formula is C13H23N. The predicted octanol–water partition coefficient (Wildman–Crippen LogP) is 3.43. The summed E-state index contributed by atoms with van der Waals surface area (Å²) in [6.07, 6.45) is 10.2. The summed E-state index contributed by atoms with van der Waals surface area (Å²) in [6, 6.07) is 0. The number of nitrogens with one attached hydrogen (secondary N) is 1. The first-order valence-corrected chi connectivity index (χ1v) is 5.88. The van der Waals surface area contributed by atoms with Crippen LogP contribution in [0.5, 0.6) is 0 Å². The van der Waals surface area contributed by atoms with Gasteiger partial charge in [-0.1, -0.05) is 30.7 Å². The minimum atomic E-state index is 0.990. The molecule has 1 N–H and O–H groups in total. The van der Waals surface area contributed by atoms with E-state index in [0.717, 1.165) is 19.5 Å². The Kier molecular flexibility index (Phi) is 5.62. The Hall–Kier alpha value is -0.560. The lowest BCUT2D eigenvalue weighted by molar-refractivity contribution is 0.644. The number of hydrogen-bond donors (Lipinski definition) is 1. The molecule has 14 heavy (non-hydrogen) atoms. The van der Waals surface area contributed by atoms with Crippen molar-refractivity contribution in [2.75, 3.05) is 13.1 Å². The fourth-order valence-electron chi connectivity index (χ4n) is 1.77. The first kappa shape index (κ1) is 11.5. The summed E-state index contributed by atoms with van der Waals surface area (Å²) >= 11 is 0. The molecule has 0 unspecified atom stereocenters. The van der Waals surface area contributed by atoms with Crippen molar-refractivity contribution in [1.82, 2.24) is 5.32 Å². The van der Waals surface area contributed by atoms with Gasteiger partial charge in [-0.2, -0.15) is 0 Å². The van der Waals surface area contributed by atoms with Crippen LogP contribution < -0.4 is 5.32 Å². The van der Waals surface area contributed by atoms with Gasteiger partial charge in [0.05, 0.1) is 0 Å². The molecular weight excluding hydrogens is 170 g/mol. The maximum Gasteiger partial charge on any atom is 0.0161 e. The molecule has 1 rings (SSSR count). The Bertz CT molecular complexity index is 203. The van der Waals surface area contributed by atoms with Crippen molar-refractivity contribution in [3.63, 3.8) is 0 Å². The number of rotatable bonds is 6. The fourth-order valence-corrected chi connectivity index (χ4v) is 1.77. The van der Waals surface area contributed by atoms with Crippen molar-refractivity contribution >= 4 is 0 Å².